The zero-order valence-electron chi connectivity index (χ0n) is 29.2. The van der Waals surface area contributed by atoms with Crippen LogP contribution in [0.1, 0.15) is 111 Å². The van der Waals surface area contributed by atoms with Gasteiger partial charge in [-0.25, -0.2) is 13.1 Å². The highest BCUT2D eigenvalue weighted by atomic mass is 32.2. The van der Waals surface area contributed by atoms with E-state index in [1.807, 2.05) is 18.2 Å². The van der Waals surface area contributed by atoms with Crippen molar-refractivity contribution in [1.29, 1.82) is 0 Å². The number of nitrogens with one attached hydrogen (secondary N) is 1. The van der Waals surface area contributed by atoms with Gasteiger partial charge in [0.05, 0.1) is 24.0 Å². The number of ether oxygens (including phenoxy) is 1. The third kappa shape index (κ3) is 5.39. The number of hydrogen-bond acceptors (Lipinski definition) is 6. The molecule has 2 aliphatic heterocycles. The average molecular weight is 687 g/mol. The molecule has 8 rings (SSSR count). The molecule has 1 spiro atoms. The molecule has 3 saturated carbocycles. The highest BCUT2D eigenvalue weighted by Gasteiger charge is 2.64. The molecule has 4 fully saturated rings. The third-order valence-electron chi connectivity index (χ3n) is 12.8. The smallest absolute Gasteiger partial charge is 0.264 e. The molecule has 2 unspecified atom stereocenters. The van der Waals surface area contributed by atoms with E-state index in [0.29, 0.717) is 24.4 Å². The van der Waals surface area contributed by atoms with Crippen LogP contribution >= 0.6 is 0 Å². The maximum atomic E-state index is 15.1. The van der Waals surface area contributed by atoms with Gasteiger partial charge < -0.3 is 14.2 Å². The zero-order valence-corrected chi connectivity index (χ0v) is 30.0. The predicted molar refractivity (Wildman–Crippen MR) is 191 cm³/mol. The standard InChI is InChI=1S/C39H50N4O5S/c1-4-20-49(46,47)40-36(44)27-12-14-30-33(21-27)43-25-39(37(45)42-19-18-41(2)38(24-42)16-8-9-17-38)23-32(39)31-22-28(48-3)13-15-29(31)35(43)34(30)26-10-6-5-7-11-26/h12-15,21-22,26,32H,4-11,16-20,23-25H2,1-3H3,(H,40,44). The number of fused-ring (bicyclic) bond motifs is 7. The normalized spacial score (nSPS) is 25.0. The van der Waals surface area contributed by atoms with Crippen molar-refractivity contribution in [2.45, 2.75) is 101 Å². The van der Waals surface area contributed by atoms with E-state index in [1.165, 1.54) is 43.2 Å². The Morgan fingerprint density at radius 2 is 1.76 bits per heavy atom. The van der Waals surface area contributed by atoms with Crippen molar-refractivity contribution in [3.05, 3.63) is 53.1 Å². The number of hydrogen-bond donors (Lipinski definition) is 1. The second-order valence-electron chi connectivity index (χ2n) is 15.6. The molecule has 1 saturated heterocycles. The van der Waals surface area contributed by atoms with Crippen LogP contribution in [0.2, 0.25) is 0 Å². The molecule has 0 bridgehead atoms. The summed E-state index contributed by atoms with van der Waals surface area (Å²) in [6, 6.07) is 12.0. The molecule has 10 heteroatoms. The van der Waals surface area contributed by atoms with Gasteiger partial charge in [0.15, 0.2) is 0 Å². The lowest BCUT2D eigenvalue weighted by atomic mass is 9.81. The number of aromatic nitrogens is 1. The Hall–Kier alpha value is -3.37. The van der Waals surface area contributed by atoms with E-state index in [9.17, 15) is 13.2 Å². The monoisotopic (exact) mass is 686 g/mol. The highest BCUT2D eigenvalue weighted by Crippen LogP contribution is 2.66. The van der Waals surface area contributed by atoms with Gasteiger partial charge in [-0.15, -0.1) is 0 Å². The Morgan fingerprint density at radius 1 is 0.980 bits per heavy atom. The Bertz CT molecular complexity index is 1920. The van der Waals surface area contributed by atoms with E-state index in [0.717, 1.165) is 79.6 Å². The number of piperazine rings is 1. The first-order chi connectivity index (χ1) is 23.6. The van der Waals surface area contributed by atoms with Crippen molar-refractivity contribution in [2.75, 3.05) is 39.5 Å². The molecule has 3 aromatic rings. The van der Waals surface area contributed by atoms with Crippen LogP contribution in [0.15, 0.2) is 36.4 Å². The number of sulfonamides is 1. The molecule has 0 radical (unpaired) electrons. The Labute approximate surface area is 290 Å². The molecule has 2 atom stereocenters. The largest absolute Gasteiger partial charge is 0.497 e. The Balaban J connectivity index is 1.29. The molecule has 3 heterocycles. The summed E-state index contributed by atoms with van der Waals surface area (Å²) in [6.07, 6.45) is 11.7. The summed E-state index contributed by atoms with van der Waals surface area (Å²) in [5.74, 6) is 0.773. The number of rotatable bonds is 7. The van der Waals surface area contributed by atoms with Crippen LogP contribution in [0.25, 0.3) is 22.2 Å². The first-order valence-corrected chi connectivity index (χ1v) is 20.1. The van der Waals surface area contributed by atoms with Gasteiger partial charge in [0.1, 0.15) is 5.75 Å². The van der Waals surface area contributed by atoms with Gasteiger partial charge in [-0.2, -0.15) is 0 Å². The van der Waals surface area contributed by atoms with Gasteiger partial charge >= 0.3 is 0 Å². The van der Waals surface area contributed by atoms with Crippen molar-refractivity contribution in [3.8, 4) is 17.0 Å². The van der Waals surface area contributed by atoms with E-state index < -0.39 is 21.3 Å². The fourth-order valence-electron chi connectivity index (χ4n) is 10.1. The molecule has 1 aromatic heterocycles. The van der Waals surface area contributed by atoms with E-state index in [2.05, 4.69) is 38.3 Å². The number of amides is 2. The average Bonchev–Trinajstić information content (AvgIpc) is 3.53. The van der Waals surface area contributed by atoms with E-state index in [1.54, 1.807) is 20.1 Å². The molecule has 3 aliphatic carbocycles. The quantitative estimate of drug-likeness (QED) is 0.309. The molecular weight excluding hydrogens is 637 g/mol. The zero-order chi connectivity index (χ0) is 34.1. The highest BCUT2D eigenvalue weighted by molar-refractivity contribution is 7.90. The van der Waals surface area contributed by atoms with Gasteiger partial charge in [0, 0.05) is 59.7 Å². The van der Waals surface area contributed by atoms with Crippen LogP contribution in [0.5, 0.6) is 5.75 Å². The minimum atomic E-state index is -3.74. The van der Waals surface area contributed by atoms with Gasteiger partial charge in [0.25, 0.3) is 5.91 Å². The summed E-state index contributed by atoms with van der Waals surface area (Å²) in [5.41, 5.74) is 5.48. The van der Waals surface area contributed by atoms with E-state index in [-0.39, 0.29) is 23.1 Å². The summed E-state index contributed by atoms with van der Waals surface area (Å²) in [6.45, 7) is 4.72. The van der Waals surface area contributed by atoms with Gasteiger partial charge in [-0.1, -0.05) is 45.1 Å². The third-order valence-corrected chi connectivity index (χ3v) is 14.2. The van der Waals surface area contributed by atoms with Gasteiger partial charge in [0.2, 0.25) is 15.9 Å². The van der Waals surface area contributed by atoms with E-state index in [4.69, 9.17) is 4.74 Å². The Kier molecular flexibility index (Phi) is 8.13. The van der Waals surface area contributed by atoms with Crippen LogP contribution in [0.3, 0.4) is 0 Å². The second-order valence-corrected chi connectivity index (χ2v) is 17.5. The van der Waals surface area contributed by atoms with Crippen LogP contribution in [0, 0.1) is 5.41 Å². The van der Waals surface area contributed by atoms with E-state index >= 15 is 4.79 Å². The number of likely N-dealkylation sites (N-methyl/N-ethyl adjacent to an activating group) is 1. The van der Waals surface area contributed by atoms with Crippen LogP contribution in [-0.4, -0.2) is 79.7 Å². The lowest BCUT2D eigenvalue weighted by Gasteiger charge is -2.48. The molecule has 49 heavy (non-hydrogen) atoms. The number of carbonyl (C=O) groups excluding carboxylic acids is 2. The minimum absolute atomic E-state index is 0.0701. The molecular formula is C39H50N4O5S. The molecule has 1 N–H and O–H groups in total. The maximum Gasteiger partial charge on any atom is 0.264 e. The summed E-state index contributed by atoms with van der Waals surface area (Å²) in [7, 11) is 0.194. The van der Waals surface area contributed by atoms with Crippen molar-refractivity contribution in [2.24, 2.45) is 5.41 Å². The van der Waals surface area contributed by atoms with Gasteiger partial charge in [-0.3, -0.25) is 14.5 Å². The first-order valence-electron chi connectivity index (χ1n) is 18.5. The van der Waals surface area contributed by atoms with Crippen LogP contribution in [0.4, 0.5) is 0 Å². The topological polar surface area (TPSA) is 101 Å². The fraction of sp³-hybridized carbons (Fsp3) is 0.590. The molecule has 2 aromatic carbocycles. The molecule has 9 nitrogen and oxygen atoms in total. The maximum absolute atomic E-state index is 15.1. The lowest BCUT2D eigenvalue weighted by molar-refractivity contribution is -0.143. The SMILES string of the molecule is CCCS(=O)(=O)NC(=O)c1ccc2c(C3CCCCC3)c3n(c2c1)CC1(C(=O)N2CCN(C)C4(CCCC4)C2)CC1c1cc(OC)ccc1-3. The van der Waals surface area contributed by atoms with Crippen molar-refractivity contribution in [3.63, 3.8) is 0 Å². The first kappa shape index (κ1) is 32.8. The van der Waals surface area contributed by atoms with Crippen molar-refractivity contribution < 1.29 is 22.7 Å². The molecule has 2 amide bonds. The van der Waals surface area contributed by atoms with Gasteiger partial charge in [-0.05, 0) is 92.9 Å². The fourth-order valence-corrected chi connectivity index (χ4v) is 11.1. The molecule has 262 valence electrons. The second kappa shape index (κ2) is 12.1. The number of carbonyl (C=O) groups is 2. The number of nitrogens with zero attached hydrogens (tertiary/aromatic N) is 3. The summed E-state index contributed by atoms with van der Waals surface area (Å²) in [5, 5.41) is 1.10. The minimum Gasteiger partial charge on any atom is -0.497 e. The Morgan fingerprint density at radius 3 is 2.49 bits per heavy atom. The number of methoxy groups -OCH3 is 1. The summed E-state index contributed by atoms with van der Waals surface area (Å²) >= 11 is 0. The summed E-state index contributed by atoms with van der Waals surface area (Å²) in [4.78, 5) is 33.2. The van der Waals surface area contributed by atoms with Crippen LogP contribution in [-0.2, 0) is 21.4 Å². The number of benzene rings is 2. The van der Waals surface area contributed by atoms with Crippen LogP contribution < -0.4 is 9.46 Å². The lowest BCUT2D eigenvalue weighted by Crippen LogP contribution is -2.61. The van der Waals surface area contributed by atoms with Crippen molar-refractivity contribution in [1.82, 2.24) is 19.1 Å². The molecule has 5 aliphatic rings. The van der Waals surface area contributed by atoms with Crippen molar-refractivity contribution >= 4 is 32.7 Å². The summed E-state index contributed by atoms with van der Waals surface area (Å²) < 4.78 is 35.6. The predicted octanol–water partition coefficient (Wildman–Crippen LogP) is 6.41.